The summed E-state index contributed by atoms with van der Waals surface area (Å²) in [5.41, 5.74) is 8.26. The minimum absolute atomic E-state index is 0.0790. The molecule has 0 spiro atoms. The fourth-order valence-corrected chi connectivity index (χ4v) is 1.08. The second kappa shape index (κ2) is 8.02. The lowest BCUT2D eigenvalue weighted by Crippen LogP contribution is -2.48. The number of likely N-dealkylation sites (N-methyl/N-ethyl adjacent to an activating group) is 1. The second-order valence-corrected chi connectivity index (χ2v) is 2.74. The molecule has 0 aromatic heterocycles. The number of hydrogen-bond donors (Lipinski definition) is 2. The molecule has 0 rings (SSSR count). The van der Waals surface area contributed by atoms with Gasteiger partial charge in [-0.15, -0.1) is 6.58 Å². The molecule has 84 valence electrons. The van der Waals surface area contributed by atoms with Crippen LogP contribution >= 0.6 is 0 Å². The average Bonchev–Trinajstić information content (AvgIpc) is 2.27. The Hall–Kier alpha value is -1.33. The van der Waals surface area contributed by atoms with Crippen molar-refractivity contribution in [2.24, 2.45) is 0 Å². The summed E-state index contributed by atoms with van der Waals surface area (Å²) in [6.45, 7) is 3.63. The van der Waals surface area contributed by atoms with Gasteiger partial charge in [0.05, 0.1) is 13.2 Å². The molecule has 0 aromatic rings. The standard InChI is InChI=1S/C9H15N3O3/c1-3-4-15-8(6-13)9(11-2)7(14)5-12-10/h3,5,8-9,11,13H,1,4,6H2,2H3/t8?,9-/m1/s1/i13T. The van der Waals surface area contributed by atoms with Crippen molar-refractivity contribution in [2.45, 2.75) is 12.1 Å². The van der Waals surface area contributed by atoms with Gasteiger partial charge in [-0.05, 0) is 7.05 Å². The molecule has 0 aliphatic heterocycles. The molecule has 2 atom stereocenters. The van der Waals surface area contributed by atoms with Crippen molar-refractivity contribution in [3.05, 3.63) is 18.2 Å². The van der Waals surface area contributed by atoms with Crippen LogP contribution in [0.5, 0.6) is 0 Å². The number of ketones is 1. The lowest BCUT2D eigenvalue weighted by atomic mass is 10.1. The van der Waals surface area contributed by atoms with E-state index in [1.165, 1.54) is 6.08 Å². The van der Waals surface area contributed by atoms with E-state index in [4.69, 9.17) is 11.7 Å². The molecule has 0 radical (unpaired) electrons. The molecule has 6 nitrogen and oxygen atoms in total. The van der Waals surface area contributed by atoms with Gasteiger partial charge >= 0.3 is 6.21 Å². The maximum Gasteiger partial charge on any atom is 0.324 e. The molecular formula is C9H15N3O3. The summed E-state index contributed by atoms with van der Waals surface area (Å²) in [5.74, 6) is -0.462. The fourth-order valence-electron chi connectivity index (χ4n) is 1.08. The topological polar surface area (TPSA) is 95.0 Å². The number of ether oxygens (including phenoxy) is 1. The summed E-state index contributed by atoms with van der Waals surface area (Å²) in [6, 6.07) is -0.735. The smallest absolute Gasteiger partial charge is 0.324 e. The highest BCUT2D eigenvalue weighted by atomic mass is 16.5. The van der Waals surface area contributed by atoms with E-state index >= 15 is 0 Å². The number of nitrogens with one attached hydrogen (secondary N) is 1. The average molecular weight is 215 g/mol. The summed E-state index contributed by atoms with van der Waals surface area (Å²) in [6.07, 6.45) is 1.65. The van der Waals surface area contributed by atoms with Gasteiger partial charge in [0, 0.05) is 0 Å². The third kappa shape index (κ3) is 4.62. The molecular weight excluding hydrogens is 198 g/mol. The van der Waals surface area contributed by atoms with E-state index in [2.05, 4.69) is 21.8 Å². The van der Waals surface area contributed by atoms with Crippen molar-refractivity contribution < 1.29 is 19.4 Å². The van der Waals surface area contributed by atoms with Crippen molar-refractivity contribution in [3.63, 3.8) is 0 Å². The van der Waals surface area contributed by atoms with Crippen molar-refractivity contribution >= 4 is 12.0 Å². The van der Waals surface area contributed by atoms with E-state index in [1.54, 1.807) is 7.05 Å². The number of Topliss-reactive ketones (excluding diaryl/α,β-unsaturated/α-hetero) is 1. The molecule has 0 amide bonds. The maximum atomic E-state index is 11.5. The Bertz CT molecular complexity index is 279. The number of aliphatic hydroxyl groups is 1. The summed E-state index contributed by atoms with van der Waals surface area (Å²) in [5, 5.41) is 6.91. The molecule has 0 fully saturated rings. The van der Waals surface area contributed by atoms with Gasteiger partial charge < -0.3 is 20.7 Å². The zero-order valence-corrected chi connectivity index (χ0v) is 8.55. The monoisotopic (exact) mass is 215 g/mol. The fraction of sp³-hybridized carbons (Fsp3) is 0.556. The van der Waals surface area contributed by atoms with Crippen molar-refractivity contribution in [1.82, 2.24) is 5.32 Å². The van der Waals surface area contributed by atoms with Crippen LogP contribution in [0.2, 0.25) is 0 Å². The van der Waals surface area contributed by atoms with Gasteiger partial charge in [0.2, 0.25) is 1.43 Å². The summed E-state index contributed by atoms with van der Waals surface area (Å²) < 4.78 is 11.9. The van der Waals surface area contributed by atoms with Gasteiger partial charge in [0.15, 0.2) is 0 Å². The van der Waals surface area contributed by atoms with E-state index in [0.29, 0.717) is 0 Å². The van der Waals surface area contributed by atoms with E-state index < -0.39 is 17.9 Å². The first-order valence-corrected chi connectivity index (χ1v) is 4.40. The Morgan fingerprint density at radius 1 is 1.93 bits per heavy atom. The third-order valence-electron chi connectivity index (χ3n) is 1.77. The molecule has 0 aromatic carbocycles. The minimum atomic E-state index is -0.735. The minimum Gasteiger partial charge on any atom is -0.394 e. The number of carbonyl (C=O) groups excluding carboxylic acids is 1. The summed E-state index contributed by atoms with van der Waals surface area (Å²) >= 11 is 0. The number of aliphatic hydroxyl groups excluding tert-OH is 1. The van der Waals surface area contributed by atoms with E-state index in [1.807, 2.05) is 0 Å². The van der Waals surface area contributed by atoms with Gasteiger partial charge in [-0.25, -0.2) is 0 Å². The first-order chi connectivity index (χ1) is 7.71. The lowest BCUT2D eigenvalue weighted by Gasteiger charge is -2.21. The number of rotatable bonds is 9. The van der Waals surface area contributed by atoms with E-state index in [9.17, 15) is 4.79 Å². The Kier molecular flexibility index (Phi) is 6.28. The Morgan fingerprint density at radius 3 is 3.13 bits per heavy atom. The van der Waals surface area contributed by atoms with Gasteiger partial charge in [0.25, 0.3) is 5.78 Å². The van der Waals surface area contributed by atoms with Gasteiger partial charge in [0.1, 0.15) is 12.1 Å². The highest BCUT2D eigenvalue weighted by molar-refractivity contribution is 6.27. The molecule has 6 heteroatoms. The van der Waals surface area contributed by atoms with Crippen LogP contribution in [0.1, 0.15) is 0 Å². The van der Waals surface area contributed by atoms with Crippen molar-refractivity contribution in [2.75, 3.05) is 20.3 Å². The molecule has 0 bridgehead atoms. The van der Waals surface area contributed by atoms with E-state index in [0.717, 1.165) is 6.21 Å². The lowest BCUT2D eigenvalue weighted by molar-refractivity contribution is -0.122. The SMILES string of the molecule is [3H]OCC(OCC=C)[C@H](NC)C(=O)C=[N+]=[N-]. The number of carbonyl (C=O) groups is 1. The van der Waals surface area contributed by atoms with Crippen LogP contribution in [-0.2, 0) is 9.53 Å². The first kappa shape index (κ1) is 11.7. The van der Waals surface area contributed by atoms with Crippen molar-refractivity contribution in [3.8, 4) is 0 Å². The second-order valence-electron chi connectivity index (χ2n) is 2.74. The zero-order chi connectivity index (χ0) is 12.4. The zero-order valence-electron chi connectivity index (χ0n) is 9.55. The Morgan fingerprint density at radius 2 is 2.67 bits per heavy atom. The van der Waals surface area contributed by atoms with Gasteiger partial charge in [-0.1, -0.05) is 6.08 Å². The van der Waals surface area contributed by atoms with Crippen molar-refractivity contribution in [1.29, 1.82) is 1.43 Å². The molecule has 0 heterocycles. The molecule has 15 heavy (non-hydrogen) atoms. The summed E-state index contributed by atoms with van der Waals surface area (Å²) in [7, 11) is 1.56. The van der Waals surface area contributed by atoms with Crippen LogP contribution in [0, 0.1) is 0 Å². The largest absolute Gasteiger partial charge is 0.394 e. The molecule has 0 aliphatic rings. The third-order valence-corrected chi connectivity index (χ3v) is 1.77. The molecule has 0 aliphatic carbocycles. The van der Waals surface area contributed by atoms with E-state index in [-0.39, 0.29) is 13.2 Å². The molecule has 0 saturated heterocycles. The summed E-state index contributed by atoms with van der Waals surface area (Å²) in [4.78, 5) is 14.1. The van der Waals surface area contributed by atoms with Crippen LogP contribution in [-0.4, -0.2) is 55.7 Å². The maximum absolute atomic E-state index is 11.5. The molecule has 1 unspecified atom stereocenters. The van der Waals surface area contributed by atoms with Crippen LogP contribution in [0.3, 0.4) is 0 Å². The quantitative estimate of drug-likeness (QED) is 0.223. The predicted molar refractivity (Wildman–Crippen MR) is 54.6 cm³/mol. The Balaban J connectivity index is 4.60. The molecule has 0 saturated carbocycles. The highest BCUT2D eigenvalue weighted by Gasteiger charge is 2.27. The predicted octanol–water partition coefficient (Wildman–Crippen LogP) is -0.992. The van der Waals surface area contributed by atoms with Crippen LogP contribution in [0.4, 0.5) is 0 Å². The Labute approximate surface area is 89.7 Å². The normalized spacial score (nSPS) is 14.6. The molecule has 2 N–H and O–H groups in total. The van der Waals surface area contributed by atoms with Crippen LogP contribution in [0.25, 0.3) is 5.53 Å². The number of nitrogens with zero attached hydrogens (tertiary/aromatic N) is 2. The van der Waals surface area contributed by atoms with Crippen LogP contribution < -0.4 is 5.32 Å². The highest BCUT2D eigenvalue weighted by Crippen LogP contribution is 1.99. The van der Waals surface area contributed by atoms with Gasteiger partial charge in [-0.3, -0.25) is 4.79 Å². The first-order valence-electron chi connectivity index (χ1n) is 4.81. The van der Waals surface area contributed by atoms with Crippen LogP contribution in [0.15, 0.2) is 12.7 Å². The van der Waals surface area contributed by atoms with Gasteiger partial charge in [-0.2, -0.15) is 4.79 Å². The number of hydrogen-bond acceptors (Lipinski definition) is 4.